The van der Waals surface area contributed by atoms with Crippen LogP contribution in [0.1, 0.15) is 11.5 Å². The molecule has 0 radical (unpaired) electrons. The number of carbonyl (C=O) groups excluding carboxylic acids is 1. The highest BCUT2D eigenvalue weighted by atomic mass is 32.1. The van der Waals surface area contributed by atoms with E-state index in [1.165, 1.54) is 0 Å². The predicted octanol–water partition coefficient (Wildman–Crippen LogP) is 1.80. The molecule has 0 aliphatic heterocycles. The summed E-state index contributed by atoms with van der Waals surface area (Å²) in [5.74, 6) is 1.17. The first-order valence-electron chi connectivity index (χ1n) is 3.37. The third-order valence-corrected chi connectivity index (χ3v) is 1.49. The van der Waals surface area contributed by atoms with Crippen molar-refractivity contribution in [1.82, 2.24) is 0 Å². The van der Waals surface area contributed by atoms with E-state index in [9.17, 15) is 4.79 Å². The fraction of sp³-hybridized carbons (Fsp3) is 0.250. The van der Waals surface area contributed by atoms with E-state index in [0.717, 1.165) is 5.37 Å². The van der Waals surface area contributed by atoms with Crippen molar-refractivity contribution < 1.29 is 13.9 Å². The van der Waals surface area contributed by atoms with E-state index in [0.29, 0.717) is 17.3 Å². The summed E-state index contributed by atoms with van der Waals surface area (Å²) < 4.78 is 9.96. The fourth-order valence-electron chi connectivity index (χ4n) is 0.841. The molecule has 0 bridgehead atoms. The SMILES string of the molecule is Cc1cc(OC(=O)C=S)c(C)o1. The number of thiocarbonyl (C=S) groups is 1. The van der Waals surface area contributed by atoms with Crippen molar-refractivity contribution >= 4 is 23.6 Å². The second-order valence-electron chi connectivity index (χ2n) is 2.32. The summed E-state index contributed by atoms with van der Waals surface area (Å²) >= 11 is 4.39. The van der Waals surface area contributed by atoms with Crippen LogP contribution in [0.15, 0.2) is 10.5 Å². The van der Waals surface area contributed by atoms with E-state index in [1.807, 2.05) is 0 Å². The van der Waals surface area contributed by atoms with Gasteiger partial charge in [0.05, 0.1) is 5.37 Å². The molecule has 4 heteroatoms. The molecule has 3 nitrogen and oxygen atoms in total. The molecular weight excluding hydrogens is 176 g/mol. The summed E-state index contributed by atoms with van der Waals surface area (Å²) in [4.78, 5) is 10.7. The van der Waals surface area contributed by atoms with Crippen LogP contribution >= 0.6 is 12.2 Å². The molecule has 0 unspecified atom stereocenters. The number of furan rings is 1. The molecule has 0 spiro atoms. The zero-order valence-electron chi connectivity index (χ0n) is 6.79. The zero-order valence-corrected chi connectivity index (χ0v) is 7.60. The number of aryl methyl sites for hydroxylation is 2. The molecule has 0 amide bonds. The van der Waals surface area contributed by atoms with Crippen molar-refractivity contribution in [3.8, 4) is 5.75 Å². The lowest BCUT2D eigenvalue weighted by molar-refractivity contribution is -0.126. The van der Waals surface area contributed by atoms with Crippen LogP contribution in [0.2, 0.25) is 0 Å². The Morgan fingerprint density at radius 2 is 2.33 bits per heavy atom. The van der Waals surface area contributed by atoms with Crippen LogP contribution < -0.4 is 4.74 Å². The van der Waals surface area contributed by atoms with Gasteiger partial charge in [0.1, 0.15) is 11.5 Å². The van der Waals surface area contributed by atoms with E-state index < -0.39 is 5.97 Å². The quantitative estimate of drug-likeness (QED) is 0.519. The van der Waals surface area contributed by atoms with Gasteiger partial charge in [-0.1, -0.05) is 12.2 Å². The third-order valence-electron chi connectivity index (χ3n) is 1.30. The summed E-state index contributed by atoms with van der Waals surface area (Å²) in [6.07, 6.45) is 0. The molecule has 1 rings (SSSR count). The number of carbonyl (C=O) groups is 1. The van der Waals surface area contributed by atoms with Gasteiger partial charge in [-0.25, -0.2) is 4.79 Å². The third kappa shape index (κ3) is 1.92. The number of hydrogen-bond acceptors (Lipinski definition) is 4. The average molecular weight is 184 g/mol. The molecular formula is C8H8O3S. The number of esters is 1. The molecule has 0 saturated carbocycles. The van der Waals surface area contributed by atoms with Crippen molar-refractivity contribution in [2.45, 2.75) is 13.8 Å². The van der Waals surface area contributed by atoms with Crippen LogP contribution in [0, 0.1) is 13.8 Å². The molecule has 64 valence electrons. The Labute approximate surface area is 75.3 Å². The Kier molecular flexibility index (Phi) is 2.60. The Morgan fingerprint density at radius 3 is 2.75 bits per heavy atom. The molecule has 0 aliphatic carbocycles. The fourth-order valence-corrected chi connectivity index (χ4v) is 0.889. The summed E-state index contributed by atoms with van der Waals surface area (Å²) in [6, 6.07) is 1.64. The minimum atomic E-state index is -0.547. The van der Waals surface area contributed by atoms with Gasteiger partial charge in [0, 0.05) is 6.07 Å². The molecule has 0 fully saturated rings. The molecule has 0 saturated heterocycles. The highest BCUT2D eigenvalue weighted by Gasteiger charge is 2.08. The standard InChI is InChI=1S/C8H8O3S/c1-5-3-7(6(2)10-5)11-8(9)4-12/h3-4H,1-2H3. The molecule has 0 aromatic carbocycles. The van der Waals surface area contributed by atoms with E-state index in [-0.39, 0.29) is 0 Å². The first kappa shape index (κ1) is 8.93. The smallest absolute Gasteiger partial charge is 0.347 e. The van der Waals surface area contributed by atoms with Crippen LogP contribution in [0.25, 0.3) is 0 Å². The normalized spacial score (nSPS) is 9.50. The molecule has 0 N–H and O–H groups in total. The summed E-state index contributed by atoms with van der Waals surface area (Å²) in [5.41, 5.74) is 0. The molecule has 0 aliphatic rings. The summed E-state index contributed by atoms with van der Waals surface area (Å²) in [5, 5.41) is 0.946. The number of hydrogen-bond donors (Lipinski definition) is 0. The molecule has 1 heterocycles. The maximum atomic E-state index is 10.7. The zero-order chi connectivity index (χ0) is 9.14. The first-order chi connectivity index (χ1) is 5.63. The van der Waals surface area contributed by atoms with Gasteiger partial charge in [0.25, 0.3) is 0 Å². The van der Waals surface area contributed by atoms with Gasteiger partial charge >= 0.3 is 5.97 Å². The minimum absolute atomic E-state index is 0.429. The van der Waals surface area contributed by atoms with Gasteiger partial charge in [-0.05, 0) is 13.8 Å². The lowest BCUT2D eigenvalue weighted by Gasteiger charge is -1.95. The van der Waals surface area contributed by atoms with Gasteiger partial charge in [0.2, 0.25) is 0 Å². The van der Waals surface area contributed by atoms with Crippen LogP contribution in [0.4, 0.5) is 0 Å². The van der Waals surface area contributed by atoms with Gasteiger partial charge in [-0.15, -0.1) is 0 Å². The molecule has 0 atom stereocenters. The topological polar surface area (TPSA) is 39.4 Å². The van der Waals surface area contributed by atoms with Crippen molar-refractivity contribution in [2.24, 2.45) is 0 Å². The second-order valence-corrected chi connectivity index (χ2v) is 2.55. The van der Waals surface area contributed by atoms with Crippen LogP contribution in [0.3, 0.4) is 0 Å². The molecule has 12 heavy (non-hydrogen) atoms. The summed E-state index contributed by atoms with van der Waals surface area (Å²) in [7, 11) is 0. The monoisotopic (exact) mass is 184 g/mol. The number of rotatable bonds is 2. The largest absolute Gasteiger partial charge is 0.463 e. The van der Waals surface area contributed by atoms with Crippen molar-refractivity contribution in [3.05, 3.63) is 17.6 Å². The highest BCUT2D eigenvalue weighted by molar-refractivity contribution is 7.80. The van der Waals surface area contributed by atoms with Gasteiger partial charge in [0.15, 0.2) is 5.75 Å². The molecule has 1 aromatic rings. The van der Waals surface area contributed by atoms with Gasteiger partial charge < -0.3 is 9.15 Å². The first-order valence-corrected chi connectivity index (χ1v) is 3.84. The van der Waals surface area contributed by atoms with E-state index >= 15 is 0 Å². The van der Waals surface area contributed by atoms with Crippen LogP contribution in [0.5, 0.6) is 5.75 Å². The van der Waals surface area contributed by atoms with Crippen LogP contribution in [-0.2, 0) is 4.79 Å². The van der Waals surface area contributed by atoms with E-state index in [1.54, 1.807) is 19.9 Å². The highest BCUT2D eigenvalue weighted by Crippen LogP contribution is 2.21. The average Bonchev–Trinajstić information content (AvgIpc) is 2.30. The van der Waals surface area contributed by atoms with E-state index in [4.69, 9.17) is 9.15 Å². The van der Waals surface area contributed by atoms with Gasteiger partial charge in [-0.2, -0.15) is 0 Å². The lowest BCUT2D eigenvalue weighted by atomic mass is 10.4. The lowest BCUT2D eigenvalue weighted by Crippen LogP contribution is -2.07. The Bertz CT molecular complexity index is 314. The Morgan fingerprint density at radius 1 is 1.67 bits per heavy atom. The Hall–Kier alpha value is -1.16. The summed E-state index contributed by atoms with van der Waals surface area (Å²) in [6.45, 7) is 3.50. The minimum Gasteiger partial charge on any atom is -0.463 e. The second kappa shape index (κ2) is 3.49. The van der Waals surface area contributed by atoms with Crippen molar-refractivity contribution in [1.29, 1.82) is 0 Å². The van der Waals surface area contributed by atoms with Crippen LogP contribution in [-0.4, -0.2) is 11.3 Å². The molecule has 1 aromatic heterocycles. The van der Waals surface area contributed by atoms with Crippen molar-refractivity contribution in [3.63, 3.8) is 0 Å². The number of ether oxygens (including phenoxy) is 1. The van der Waals surface area contributed by atoms with Crippen molar-refractivity contribution in [2.75, 3.05) is 0 Å². The predicted molar refractivity (Wildman–Crippen MR) is 47.5 cm³/mol. The van der Waals surface area contributed by atoms with Gasteiger partial charge in [-0.3, -0.25) is 0 Å². The Balaban J connectivity index is 2.81. The van der Waals surface area contributed by atoms with E-state index in [2.05, 4.69) is 12.2 Å². The maximum absolute atomic E-state index is 10.7. The maximum Gasteiger partial charge on any atom is 0.347 e.